The van der Waals surface area contributed by atoms with Crippen LogP contribution in [0.4, 0.5) is 0 Å². The van der Waals surface area contributed by atoms with Crippen LogP contribution >= 0.6 is 0 Å². The van der Waals surface area contributed by atoms with Crippen molar-refractivity contribution in [2.24, 2.45) is 5.10 Å². The third kappa shape index (κ3) is 5.47. The van der Waals surface area contributed by atoms with E-state index >= 15 is 0 Å². The summed E-state index contributed by atoms with van der Waals surface area (Å²) in [6.45, 7) is 1.78. The van der Waals surface area contributed by atoms with E-state index in [0.717, 1.165) is 5.56 Å². The Morgan fingerprint density at radius 3 is 2.18 bits per heavy atom. The fourth-order valence-corrected chi connectivity index (χ4v) is 2.39. The molecule has 0 aliphatic rings. The van der Waals surface area contributed by atoms with Crippen LogP contribution in [0.3, 0.4) is 0 Å². The van der Waals surface area contributed by atoms with E-state index in [-0.39, 0.29) is 6.04 Å². The maximum atomic E-state index is 12.0. The zero-order chi connectivity index (χ0) is 20.5. The minimum Gasteiger partial charge on any atom is -0.497 e. The maximum absolute atomic E-state index is 12.0. The van der Waals surface area contributed by atoms with Gasteiger partial charge in [0.15, 0.2) is 0 Å². The molecular weight excluding hydrogens is 362 g/mol. The summed E-state index contributed by atoms with van der Waals surface area (Å²) in [5.74, 6) is 0.204. The molecule has 0 aliphatic heterocycles. The number of nitrogens with one attached hydrogen (secondary N) is 2. The standard InChI is InChI=1S/C20H23N3O5/c1-13(14-5-7-16(26-2)8-6-14)22-19(24)20(25)23-21-12-15-11-17(27-3)9-10-18(15)28-4/h5-13H,1-4H3,(H,22,24)(H,23,25). The molecule has 148 valence electrons. The highest BCUT2D eigenvalue weighted by Crippen LogP contribution is 2.22. The van der Waals surface area contributed by atoms with Gasteiger partial charge in [-0.25, -0.2) is 5.43 Å². The molecule has 0 aromatic heterocycles. The van der Waals surface area contributed by atoms with Gasteiger partial charge in [0, 0.05) is 5.56 Å². The van der Waals surface area contributed by atoms with Gasteiger partial charge in [0.1, 0.15) is 17.2 Å². The second kappa shape index (κ2) is 9.96. The number of amides is 2. The normalized spacial score (nSPS) is 11.6. The average Bonchev–Trinajstić information content (AvgIpc) is 2.73. The SMILES string of the molecule is COc1ccc(C(C)NC(=O)C(=O)NN=Cc2cc(OC)ccc2OC)cc1. The van der Waals surface area contributed by atoms with E-state index in [9.17, 15) is 9.59 Å². The van der Waals surface area contributed by atoms with Crippen molar-refractivity contribution in [1.82, 2.24) is 10.7 Å². The molecule has 0 fully saturated rings. The lowest BCUT2D eigenvalue weighted by Gasteiger charge is -2.14. The summed E-state index contributed by atoms with van der Waals surface area (Å²) >= 11 is 0. The summed E-state index contributed by atoms with van der Waals surface area (Å²) in [5, 5.41) is 6.42. The van der Waals surface area contributed by atoms with Gasteiger partial charge in [0.2, 0.25) is 0 Å². The van der Waals surface area contributed by atoms with Crippen molar-refractivity contribution in [3.8, 4) is 17.2 Å². The van der Waals surface area contributed by atoms with Gasteiger partial charge in [-0.1, -0.05) is 12.1 Å². The van der Waals surface area contributed by atoms with Crippen LogP contribution in [-0.2, 0) is 9.59 Å². The summed E-state index contributed by atoms with van der Waals surface area (Å²) in [6, 6.07) is 12.0. The molecule has 2 aromatic rings. The minimum atomic E-state index is -0.876. The first-order valence-electron chi connectivity index (χ1n) is 8.48. The lowest BCUT2D eigenvalue weighted by molar-refractivity contribution is -0.139. The Hall–Kier alpha value is -3.55. The summed E-state index contributed by atoms with van der Waals surface area (Å²) in [7, 11) is 4.64. The highest BCUT2D eigenvalue weighted by atomic mass is 16.5. The van der Waals surface area contributed by atoms with Crippen LogP contribution in [-0.4, -0.2) is 39.4 Å². The molecule has 8 heteroatoms. The number of carbonyl (C=O) groups excluding carboxylic acids is 2. The number of rotatable bonds is 7. The van der Waals surface area contributed by atoms with Gasteiger partial charge >= 0.3 is 11.8 Å². The van der Waals surface area contributed by atoms with Gasteiger partial charge in [-0.15, -0.1) is 0 Å². The zero-order valence-electron chi connectivity index (χ0n) is 16.2. The third-order valence-electron chi connectivity index (χ3n) is 3.98. The molecular formula is C20H23N3O5. The molecule has 8 nitrogen and oxygen atoms in total. The van der Waals surface area contributed by atoms with Crippen molar-refractivity contribution in [1.29, 1.82) is 0 Å². The molecule has 0 saturated carbocycles. The number of hydrogen-bond donors (Lipinski definition) is 2. The minimum absolute atomic E-state index is 0.355. The number of ether oxygens (including phenoxy) is 3. The molecule has 2 N–H and O–H groups in total. The molecule has 0 saturated heterocycles. The number of methoxy groups -OCH3 is 3. The second-order valence-corrected chi connectivity index (χ2v) is 5.78. The molecule has 28 heavy (non-hydrogen) atoms. The van der Waals surface area contributed by atoms with E-state index in [1.165, 1.54) is 13.3 Å². The molecule has 0 radical (unpaired) electrons. The van der Waals surface area contributed by atoms with Crippen LogP contribution in [0.15, 0.2) is 47.6 Å². The van der Waals surface area contributed by atoms with Gasteiger partial charge < -0.3 is 19.5 Å². The average molecular weight is 385 g/mol. The van der Waals surface area contributed by atoms with Crippen molar-refractivity contribution in [2.45, 2.75) is 13.0 Å². The molecule has 1 unspecified atom stereocenters. The fourth-order valence-electron chi connectivity index (χ4n) is 2.39. The van der Waals surface area contributed by atoms with Gasteiger partial charge in [-0.3, -0.25) is 9.59 Å². The summed E-state index contributed by atoms with van der Waals surface area (Å²) in [4.78, 5) is 24.0. The van der Waals surface area contributed by atoms with Crippen molar-refractivity contribution in [2.75, 3.05) is 21.3 Å². The van der Waals surface area contributed by atoms with Gasteiger partial charge in [-0.05, 0) is 42.8 Å². The number of hydrogen-bond acceptors (Lipinski definition) is 6. The van der Waals surface area contributed by atoms with Crippen LogP contribution in [0.5, 0.6) is 17.2 Å². The smallest absolute Gasteiger partial charge is 0.329 e. The largest absolute Gasteiger partial charge is 0.497 e. The van der Waals surface area contributed by atoms with Crippen LogP contribution in [0.1, 0.15) is 24.1 Å². The first kappa shape index (κ1) is 20.8. The Balaban J connectivity index is 1.95. The van der Waals surface area contributed by atoms with E-state index in [4.69, 9.17) is 14.2 Å². The van der Waals surface area contributed by atoms with Crippen LogP contribution in [0.25, 0.3) is 0 Å². The molecule has 2 rings (SSSR count). The van der Waals surface area contributed by atoms with Crippen molar-refractivity contribution in [3.63, 3.8) is 0 Å². The van der Waals surface area contributed by atoms with Crippen molar-refractivity contribution in [3.05, 3.63) is 53.6 Å². The Morgan fingerprint density at radius 2 is 1.57 bits per heavy atom. The van der Waals surface area contributed by atoms with E-state index in [0.29, 0.717) is 22.8 Å². The van der Waals surface area contributed by atoms with Crippen LogP contribution < -0.4 is 25.0 Å². The van der Waals surface area contributed by atoms with E-state index < -0.39 is 11.8 Å². The van der Waals surface area contributed by atoms with Gasteiger partial charge in [-0.2, -0.15) is 5.10 Å². The topological polar surface area (TPSA) is 98.2 Å². The first-order valence-corrected chi connectivity index (χ1v) is 8.48. The summed E-state index contributed by atoms with van der Waals surface area (Å²) < 4.78 is 15.5. The van der Waals surface area contributed by atoms with E-state index in [1.54, 1.807) is 51.5 Å². The molecule has 1 atom stereocenters. The third-order valence-corrected chi connectivity index (χ3v) is 3.98. The van der Waals surface area contributed by atoms with E-state index in [2.05, 4.69) is 15.8 Å². The summed E-state index contributed by atoms with van der Waals surface area (Å²) in [5.41, 5.74) is 3.63. The van der Waals surface area contributed by atoms with Crippen LogP contribution in [0.2, 0.25) is 0 Å². The van der Waals surface area contributed by atoms with E-state index in [1.807, 2.05) is 12.1 Å². The Kier molecular flexibility index (Phi) is 7.38. The van der Waals surface area contributed by atoms with Crippen LogP contribution in [0, 0.1) is 0 Å². The first-order chi connectivity index (χ1) is 13.5. The van der Waals surface area contributed by atoms with Gasteiger partial charge in [0.05, 0.1) is 33.6 Å². The molecule has 0 aliphatic carbocycles. The lowest BCUT2D eigenvalue weighted by Crippen LogP contribution is -2.39. The fraction of sp³-hybridized carbons (Fsp3) is 0.250. The van der Waals surface area contributed by atoms with Crippen molar-refractivity contribution < 1.29 is 23.8 Å². The maximum Gasteiger partial charge on any atom is 0.329 e. The second-order valence-electron chi connectivity index (χ2n) is 5.78. The van der Waals surface area contributed by atoms with Crippen molar-refractivity contribution >= 4 is 18.0 Å². The zero-order valence-corrected chi connectivity index (χ0v) is 16.2. The molecule has 2 amide bonds. The Labute approximate surface area is 163 Å². The predicted octanol–water partition coefficient (Wildman–Crippen LogP) is 2.04. The quantitative estimate of drug-likeness (QED) is 0.432. The molecule has 0 heterocycles. The number of carbonyl (C=O) groups is 2. The van der Waals surface area contributed by atoms with Gasteiger partial charge in [0.25, 0.3) is 0 Å². The summed E-state index contributed by atoms with van der Waals surface area (Å²) in [6.07, 6.45) is 1.37. The Morgan fingerprint density at radius 1 is 0.929 bits per heavy atom. The molecule has 0 spiro atoms. The monoisotopic (exact) mass is 385 g/mol. The lowest BCUT2D eigenvalue weighted by atomic mass is 10.1. The highest BCUT2D eigenvalue weighted by Gasteiger charge is 2.16. The molecule has 2 aromatic carbocycles. The number of benzene rings is 2. The Bertz CT molecular complexity index is 849. The molecule has 0 bridgehead atoms. The predicted molar refractivity (Wildman–Crippen MR) is 105 cm³/mol. The number of hydrazone groups is 1. The number of nitrogens with zero attached hydrogens (tertiary/aromatic N) is 1. The highest BCUT2D eigenvalue weighted by molar-refractivity contribution is 6.35.